The molecule has 1 N–H and O–H groups in total. The highest BCUT2D eigenvalue weighted by Gasteiger charge is 2.11. The molecule has 1 aromatic rings. The molecule has 0 amide bonds. The van der Waals surface area contributed by atoms with Gasteiger partial charge in [0.1, 0.15) is 6.07 Å². The number of hydrogen-bond donors (Lipinski definition) is 1. The molecule has 0 bridgehead atoms. The summed E-state index contributed by atoms with van der Waals surface area (Å²) in [7, 11) is 0. The van der Waals surface area contributed by atoms with Crippen LogP contribution in [0.2, 0.25) is 0 Å². The van der Waals surface area contributed by atoms with Gasteiger partial charge in [0.15, 0.2) is 0 Å². The lowest BCUT2D eigenvalue weighted by Gasteiger charge is -2.12. The Bertz CT molecular complexity index is 412. The molecule has 1 unspecified atom stereocenters. The van der Waals surface area contributed by atoms with Crippen molar-refractivity contribution in [2.75, 3.05) is 6.61 Å². The average molecular weight is 236 g/mol. The molecule has 0 aromatic carbocycles. The predicted octanol–water partition coefficient (Wildman–Crippen LogP) is 2.43. The number of pyridine rings is 1. The normalized spacial score (nSPS) is 12.2. The Balaban J connectivity index is 2.99. The topological polar surface area (TPSA) is 56.9 Å². The second-order valence-corrected chi connectivity index (χ2v) is 5.26. The number of rotatable bonds is 4. The largest absolute Gasteiger partial charge is 0.396 e. The molecule has 0 fully saturated rings. The van der Waals surface area contributed by atoms with Crippen LogP contribution in [-0.4, -0.2) is 21.9 Å². The highest BCUT2D eigenvalue weighted by atomic mass is 32.2. The zero-order valence-corrected chi connectivity index (χ0v) is 10.6. The van der Waals surface area contributed by atoms with E-state index in [2.05, 4.69) is 11.1 Å². The van der Waals surface area contributed by atoms with Crippen molar-refractivity contribution >= 4 is 11.8 Å². The lowest BCUT2D eigenvalue weighted by molar-refractivity contribution is 0.289. The molecule has 0 aliphatic heterocycles. The van der Waals surface area contributed by atoms with E-state index in [4.69, 9.17) is 10.4 Å². The van der Waals surface area contributed by atoms with Gasteiger partial charge >= 0.3 is 0 Å². The number of hydrogen-bond acceptors (Lipinski definition) is 4. The third-order valence-corrected chi connectivity index (χ3v) is 3.48. The molecule has 0 radical (unpaired) electrons. The first-order valence-electron chi connectivity index (χ1n) is 5.24. The smallest absolute Gasteiger partial charge is 0.102 e. The van der Waals surface area contributed by atoms with Crippen LogP contribution in [0.25, 0.3) is 0 Å². The molecule has 0 saturated carbocycles. The van der Waals surface area contributed by atoms with Gasteiger partial charge in [-0.05, 0) is 26.3 Å². The summed E-state index contributed by atoms with van der Waals surface area (Å²) >= 11 is 1.63. The summed E-state index contributed by atoms with van der Waals surface area (Å²) in [4.78, 5) is 5.24. The molecule has 0 spiro atoms. The molecule has 1 rings (SSSR count). The predicted molar refractivity (Wildman–Crippen MR) is 65.4 cm³/mol. The van der Waals surface area contributed by atoms with Crippen LogP contribution in [0.5, 0.6) is 0 Å². The minimum atomic E-state index is 0.180. The quantitative estimate of drug-likeness (QED) is 0.816. The summed E-state index contributed by atoms with van der Waals surface area (Å²) in [5, 5.41) is 18.2. The molecule has 0 aliphatic rings. The van der Waals surface area contributed by atoms with Gasteiger partial charge in [-0.15, -0.1) is 11.8 Å². The van der Waals surface area contributed by atoms with E-state index in [1.807, 2.05) is 26.8 Å². The van der Waals surface area contributed by atoms with Gasteiger partial charge in [-0.25, -0.2) is 0 Å². The molecule has 4 heteroatoms. The third-order valence-electron chi connectivity index (χ3n) is 2.27. The van der Waals surface area contributed by atoms with Gasteiger partial charge in [0.25, 0.3) is 0 Å². The SMILES string of the molecule is Cc1cc(SC(C)CCO)c(C#N)c(C)n1. The monoisotopic (exact) mass is 236 g/mol. The highest BCUT2D eigenvalue weighted by Crippen LogP contribution is 2.29. The standard InChI is InChI=1S/C12H16N2OS/c1-8-6-12(16-9(2)4-5-15)11(7-13)10(3)14-8/h6,9,15H,4-5H2,1-3H3. The molecular formula is C12H16N2OS. The number of nitriles is 1. The second kappa shape index (κ2) is 5.88. The number of thioether (sulfide) groups is 1. The highest BCUT2D eigenvalue weighted by molar-refractivity contribution is 8.00. The van der Waals surface area contributed by atoms with Crippen molar-refractivity contribution in [3.8, 4) is 6.07 Å². The van der Waals surface area contributed by atoms with Crippen molar-refractivity contribution in [2.45, 2.75) is 37.3 Å². The van der Waals surface area contributed by atoms with Crippen molar-refractivity contribution in [1.29, 1.82) is 5.26 Å². The minimum Gasteiger partial charge on any atom is -0.396 e. The van der Waals surface area contributed by atoms with E-state index in [-0.39, 0.29) is 6.61 Å². The lowest BCUT2D eigenvalue weighted by atomic mass is 10.2. The number of aryl methyl sites for hydroxylation is 2. The third kappa shape index (κ3) is 3.22. The van der Waals surface area contributed by atoms with Crippen molar-refractivity contribution < 1.29 is 5.11 Å². The van der Waals surface area contributed by atoms with Crippen LogP contribution >= 0.6 is 11.8 Å². The van der Waals surface area contributed by atoms with Crippen molar-refractivity contribution in [3.63, 3.8) is 0 Å². The molecule has 0 aliphatic carbocycles. The van der Waals surface area contributed by atoms with E-state index < -0.39 is 0 Å². The Kier molecular flexibility index (Phi) is 4.78. The van der Waals surface area contributed by atoms with Crippen LogP contribution in [0.3, 0.4) is 0 Å². The molecule has 3 nitrogen and oxygen atoms in total. The van der Waals surface area contributed by atoms with E-state index in [0.717, 1.165) is 22.7 Å². The van der Waals surface area contributed by atoms with E-state index >= 15 is 0 Å². The first kappa shape index (κ1) is 13.0. The molecule has 1 atom stereocenters. The van der Waals surface area contributed by atoms with Crippen LogP contribution in [0.1, 0.15) is 30.3 Å². The molecule has 86 valence electrons. The first-order chi connectivity index (χ1) is 7.58. The van der Waals surface area contributed by atoms with Crippen molar-refractivity contribution in [3.05, 3.63) is 23.0 Å². The molecular weight excluding hydrogens is 220 g/mol. The van der Waals surface area contributed by atoms with Gasteiger partial charge in [-0.1, -0.05) is 6.92 Å². The molecule has 0 saturated heterocycles. The van der Waals surface area contributed by atoms with E-state index in [9.17, 15) is 0 Å². The van der Waals surface area contributed by atoms with E-state index in [0.29, 0.717) is 10.8 Å². The number of aliphatic hydroxyl groups excluding tert-OH is 1. The van der Waals surface area contributed by atoms with Gasteiger partial charge < -0.3 is 5.11 Å². The Labute approximate surface area is 101 Å². The maximum absolute atomic E-state index is 9.08. The van der Waals surface area contributed by atoms with Gasteiger partial charge in [0.05, 0.1) is 11.3 Å². The summed E-state index contributed by atoms with van der Waals surface area (Å²) in [5.74, 6) is 0. The number of aliphatic hydroxyl groups is 1. The minimum absolute atomic E-state index is 0.180. The number of nitrogens with zero attached hydrogens (tertiary/aromatic N) is 2. The molecule has 16 heavy (non-hydrogen) atoms. The van der Waals surface area contributed by atoms with Gasteiger partial charge in [-0.3, -0.25) is 4.98 Å². The fourth-order valence-corrected chi connectivity index (χ4v) is 2.69. The van der Waals surface area contributed by atoms with Crippen LogP contribution in [-0.2, 0) is 0 Å². The summed E-state index contributed by atoms with van der Waals surface area (Å²) in [6.07, 6.45) is 0.732. The summed E-state index contributed by atoms with van der Waals surface area (Å²) in [6, 6.07) is 4.13. The zero-order valence-electron chi connectivity index (χ0n) is 9.82. The summed E-state index contributed by atoms with van der Waals surface area (Å²) in [6.45, 7) is 6.01. The fraction of sp³-hybridized carbons (Fsp3) is 0.500. The van der Waals surface area contributed by atoms with E-state index in [1.165, 1.54) is 0 Å². The van der Waals surface area contributed by atoms with Crippen LogP contribution in [0.4, 0.5) is 0 Å². The zero-order chi connectivity index (χ0) is 12.1. The van der Waals surface area contributed by atoms with E-state index in [1.54, 1.807) is 11.8 Å². The summed E-state index contributed by atoms with van der Waals surface area (Å²) in [5.41, 5.74) is 2.36. The Morgan fingerprint density at radius 3 is 2.81 bits per heavy atom. The Hall–Kier alpha value is -1.05. The van der Waals surface area contributed by atoms with Crippen LogP contribution in [0, 0.1) is 25.2 Å². The molecule has 1 heterocycles. The van der Waals surface area contributed by atoms with Gasteiger partial charge in [0, 0.05) is 22.4 Å². The number of aromatic nitrogens is 1. The van der Waals surface area contributed by atoms with Gasteiger partial charge in [-0.2, -0.15) is 5.26 Å². The molecule has 1 aromatic heterocycles. The van der Waals surface area contributed by atoms with Crippen LogP contribution in [0.15, 0.2) is 11.0 Å². The first-order valence-corrected chi connectivity index (χ1v) is 6.12. The summed E-state index contributed by atoms with van der Waals surface area (Å²) < 4.78 is 0. The Morgan fingerprint density at radius 2 is 2.25 bits per heavy atom. The maximum Gasteiger partial charge on any atom is 0.102 e. The average Bonchev–Trinajstić information content (AvgIpc) is 2.17. The maximum atomic E-state index is 9.08. The lowest BCUT2D eigenvalue weighted by Crippen LogP contribution is -2.01. The Morgan fingerprint density at radius 1 is 1.56 bits per heavy atom. The van der Waals surface area contributed by atoms with Crippen LogP contribution < -0.4 is 0 Å². The van der Waals surface area contributed by atoms with Gasteiger partial charge in [0.2, 0.25) is 0 Å². The van der Waals surface area contributed by atoms with Crippen molar-refractivity contribution in [1.82, 2.24) is 4.98 Å². The van der Waals surface area contributed by atoms with Crippen molar-refractivity contribution in [2.24, 2.45) is 0 Å². The second-order valence-electron chi connectivity index (χ2n) is 3.77. The fourth-order valence-electron chi connectivity index (χ4n) is 1.48.